The van der Waals surface area contributed by atoms with Gasteiger partial charge in [-0.15, -0.1) is 11.1 Å². The van der Waals surface area contributed by atoms with Crippen LogP contribution in [0.2, 0.25) is 0 Å². The minimum atomic E-state index is -0.551. The predicted molar refractivity (Wildman–Crippen MR) is 61.4 cm³/mol. The number of nitrogens with one attached hydrogen (secondary N) is 2. The van der Waals surface area contributed by atoms with E-state index in [2.05, 4.69) is 20.8 Å². The zero-order chi connectivity index (χ0) is 13.0. The summed E-state index contributed by atoms with van der Waals surface area (Å²) in [6, 6.07) is 3.02. The third kappa shape index (κ3) is 2.44. The summed E-state index contributed by atoms with van der Waals surface area (Å²) in [5.74, 6) is -0.551. The highest BCUT2D eigenvalue weighted by Gasteiger charge is 2.28. The maximum atomic E-state index is 11.9. The number of carbonyl (C=O) groups is 2. The maximum Gasteiger partial charge on any atom is 0.359 e. The molecule has 8 nitrogen and oxygen atoms in total. The summed E-state index contributed by atoms with van der Waals surface area (Å²) in [5.41, 5.74) is 5.78. The Labute approximate surface area is 103 Å². The molecule has 2 heterocycles. The summed E-state index contributed by atoms with van der Waals surface area (Å²) in [6.45, 7) is 0. The van der Waals surface area contributed by atoms with Crippen molar-refractivity contribution in [1.82, 2.24) is 21.1 Å². The fourth-order valence-corrected chi connectivity index (χ4v) is 1.27. The lowest BCUT2D eigenvalue weighted by Crippen LogP contribution is -2.37. The van der Waals surface area contributed by atoms with Crippen molar-refractivity contribution in [2.24, 2.45) is 0 Å². The third-order valence-corrected chi connectivity index (χ3v) is 2.14. The SMILES string of the molecule is COC(=O)/C=C/N1NNN(c2cccnc2)C1=O. The molecule has 1 aromatic heterocycles. The molecule has 8 heteroatoms. The number of hydrogen-bond acceptors (Lipinski definition) is 6. The molecular weight excluding hydrogens is 238 g/mol. The smallest absolute Gasteiger partial charge is 0.359 e. The maximum absolute atomic E-state index is 11.9. The molecule has 0 saturated carbocycles. The molecule has 18 heavy (non-hydrogen) atoms. The Balaban J connectivity index is 2.06. The number of esters is 1. The molecule has 0 radical (unpaired) electrons. The van der Waals surface area contributed by atoms with Gasteiger partial charge in [-0.25, -0.2) is 19.6 Å². The van der Waals surface area contributed by atoms with E-state index in [9.17, 15) is 9.59 Å². The highest BCUT2D eigenvalue weighted by molar-refractivity contribution is 5.93. The number of anilines is 1. The van der Waals surface area contributed by atoms with Gasteiger partial charge in [-0.05, 0) is 12.1 Å². The van der Waals surface area contributed by atoms with Gasteiger partial charge in [-0.3, -0.25) is 4.98 Å². The van der Waals surface area contributed by atoms with Crippen molar-refractivity contribution in [3.05, 3.63) is 36.8 Å². The van der Waals surface area contributed by atoms with Crippen molar-refractivity contribution in [3.63, 3.8) is 0 Å². The highest BCUT2D eigenvalue weighted by Crippen LogP contribution is 2.13. The second-order valence-corrected chi connectivity index (χ2v) is 3.26. The van der Waals surface area contributed by atoms with E-state index in [4.69, 9.17) is 0 Å². The van der Waals surface area contributed by atoms with Crippen LogP contribution in [0.15, 0.2) is 36.8 Å². The quantitative estimate of drug-likeness (QED) is 0.576. The molecule has 0 bridgehead atoms. The Bertz CT molecular complexity index is 476. The first-order valence-corrected chi connectivity index (χ1v) is 5.03. The van der Waals surface area contributed by atoms with E-state index in [-0.39, 0.29) is 0 Å². The molecule has 2 N–H and O–H groups in total. The number of pyridine rings is 1. The lowest BCUT2D eigenvalue weighted by Gasteiger charge is -2.12. The van der Waals surface area contributed by atoms with Crippen LogP contribution in [0.3, 0.4) is 0 Å². The third-order valence-electron chi connectivity index (χ3n) is 2.14. The van der Waals surface area contributed by atoms with Gasteiger partial charge >= 0.3 is 12.0 Å². The van der Waals surface area contributed by atoms with Crippen LogP contribution in [-0.2, 0) is 9.53 Å². The number of carbonyl (C=O) groups excluding carboxylic acids is 2. The van der Waals surface area contributed by atoms with Crippen molar-refractivity contribution in [2.75, 3.05) is 12.1 Å². The second kappa shape index (κ2) is 5.25. The molecule has 1 saturated heterocycles. The van der Waals surface area contributed by atoms with Crippen LogP contribution < -0.4 is 16.1 Å². The van der Waals surface area contributed by atoms with Gasteiger partial charge in [0.05, 0.1) is 19.0 Å². The van der Waals surface area contributed by atoms with Crippen molar-refractivity contribution in [1.29, 1.82) is 0 Å². The van der Waals surface area contributed by atoms with Gasteiger partial charge in [-0.1, -0.05) is 0 Å². The Hall–Kier alpha value is -2.45. The van der Waals surface area contributed by atoms with Gasteiger partial charge in [0, 0.05) is 18.5 Å². The lowest BCUT2D eigenvalue weighted by molar-refractivity contribution is -0.134. The zero-order valence-electron chi connectivity index (χ0n) is 9.53. The van der Waals surface area contributed by atoms with Crippen LogP contribution in [0.1, 0.15) is 0 Å². The number of rotatable bonds is 3. The van der Waals surface area contributed by atoms with E-state index in [0.29, 0.717) is 5.69 Å². The summed E-state index contributed by atoms with van der Waals surface area (Å²) in [6.07, 6.45) is 5.52. The van der Waals surface area contributed by atoms with Crippen molar-refractivity contribution in [2.45, 2.75) is 0 Å². The molecule has 0 unspecified atom stereocenters. The summed E-state index contributed by atoms with van der Waals surface area (Å²) >= 11 is 0. The molecular formula is C10H11N5O3. The Kier molecular flexibility index (Phi) is 3.51. The van der Waals surface area contributed by atoms with Gasteiger partial charge in [0.25, 0.3) is 0 Å². The minimum Gasteiger partial charge on any atom is -0.466 e. The molecule has 1 aromatic rings. The van der Waals surface area contributed by atoms with Crippen LogP contribution in [0, 0.1) is 0 Å². The Morgan fingerprint density at radius 1 is 1.50 bits per heavy atom. The van der Waals surface area contributed by atoms with Crippen LogP contribution >= 0.6 is 0 Å². The minimum absolute atomic E-state index is 0.400. The van der Waals surface area contributed by atoms with Crippen LogP contribution in [0.5, 0.6) is 0 Å². The van der Waals surface area contributed by atoms with Gasteiger partial charge in [0.2, 0.25) is 0 Å². The number of ether oxygens (including phenoxy) is 1. The van der Waals surface area contributed by atoms with Crippen molar-refractivity contribution < 1.29 is 14.3 Å². The fraction of sp³-hybridized carbons (Fsp3) is 0.100. The summed E-state index contributed by atoms with van der Waals surface area (Å²) in [4.78, 5) is 26.7. The van der Waals surface area contributed by atoms with Crippen molar-refractivity contribution in [3.8, 4) is 0 Å². The van der Waals surface area contributed by atoms with E-state index in [1.807, 2.05) is 0 Å². The van der Waals surface area contributed by atoms with Gasteiger partial charge < -0.3 is 4.74 Å². The molecule has 1 aliphatic rings. The molecule has 0 aromatic carbocycles. The summed E-state index contributed by atoms with van der Waals surface area (Å²) < 4.78 is 4.42. The van der Waals surface area contributed by atoms with E-state index in [0.717, 1.165) is 11.1 Å². The predicted octanol–water partition coefficient (Wildman–Crippen LogP) is -0.0655. The molecule has 0 aliphatic carbocycles. The number of methoxy groups -OCH3 is 1. The number of nitrogens with zero attached hydrogens (tertiary/aromatic N) is 3. The van der Waals surface area contributed by atoms with Crippen LogP contribution in [0.25, 0.3) is 0 Å². The van der Waals surface area contributed by atoms with E-state index in [1.165, 1.54) is 24.5 Å². The van der Waals surface area contributed by atoms with Gasteiger partial charge in [-0.2, -0.15) is 0 Å². The number of hydrogen-bond donors (Lipinski definition) is 2. The molecule has 2 amide bonds. The van der Waals surface area contributed by atoms with Gasteiger partial charge in [0.1, 0.15) is 0 Å². The standard InChI is InChI=1S/C10H11N5O3/c1-18-9(16)4-6-14-10(17)15(13-12-14)8-3-2-5-11-7-8/h2-7,12-13H,1H3/b6-4+. The van der Waals surface area contributed by atoms with Gasteiger partial charge in [0.15, 0.2) is 0 Å². The largest absolute Gasteiger partial charge is 0.466 e. The first-order valence-electron chi connectivity index (χ1n) is 5.03. The first kappa shape index (κ1) is 12.0. The highest BCUT2D eigenvalue weighted by atomic mass is 16.5. The van der Waals surface area contributed by atoms with Crippen molar-refractivity contribution >= 4 is 17.7 Å². The number of hydrazine groups is 3. The Morgan fingerprint density at radius 3 is 3.00 bits per heavy atom. The molecule has 94 valence electrons. The number of aromatic nitrogens is 1. The molecule has 1 aliphatic heterocycles. The van der Waals surface area contributed by atoms with E-state index >= 15 is 0 Å². The average Bonchev–Trinajstić information content (AvgIpc) is 2.78. The lowest BCUT2D eigenvalue weighted by atomic mass is 10.4. The summed E-state index contributed by atoms with van der Waals surface area (Å²) in [7, 11) is 1.26. The zero-order valence-corrected chi connectivity index (χ0v) is 9.53. The summed E-state index contributed by atoms with van der Waals surface area (Å²) in [5, 5.41) is 2.35. The first-order chi connectivity index (χ1) is 8.72. The van der Waals surface area contributed by atoms with E-state index < -0.39 is 12.0 Å². The topological polar surface area (TPSA) is 86.8 Å². The van der Waals surface area contributed by atoms with Crippen LogP contribution in [0.4, 0.5) is 10.5 Å². The Morgan fingerprint density at radius 2 is 2.33 bits per heavy atom. The average molecular weight is 249 g/mol. The normalized spacial score (nSPS) is 15.5. The monoisotopic (exact) mass is 249 g/mol. The molecule has 0 spiro atoms. The molecule has 0 atom stereocenters. The van der Waals surface area contributed by atoms with Crippen LogP contribution in [-0.4, -0.2) is 29.1 Å². The second-order valence-electron chi connectivity index (χ2n) is 3.26. The molecule has 2 rings (SSSR count). The van der Waals surface area contributed by atoms with E-state index in [1.54, 1.807) is 18.3 Å². The molecule has 1 fully saturated rings. The fourth-order valence-electron chi connectivity index (χ4n) is 1.27. The number of urea groups is 1. The number of amides is 2.